The minimum absolute atomic E-state index is 0.0396. The Bertz CT molecular complexity index is 697. The van der Waals surface area contributed by atoms with E-state index in [0.29, 0.717) is 23.5 Å². The average Bonchev–Trinajstić information content (AvgIpc) is 2.59. The van der Waals surface area contributed by atoms with Crippen molar-refractivity contribution in [2.24, 2.45) is 0 Å². The first kappa shape index (κ1) is 16.8. The van der Waals surface area contributed by atoms with Gasteiger partial charge in [0.1, 0.15) is 0 Å². The van der Waals surface area contributed by atoms with Crippen molar-refractivity contribution < 1.29 is 23.4 Å². The molecule has 0 atom stereocenters. The molecule has 23 heavy (non-hydrogen) atoms. The smallest absolute Gasteiger partial charge is 0.165 e. The highest BCUT2D eigenvalue weighted by molar-refractivity contribution is 5.96. The maximum absolute atomic E-state index is 13.6. The first-order valence-corrected chi connectivity index (χ1v) is 7.16. The highest BCUT2D eigenvalue weighted by atomic mass is 19.1. The van der Waals surface area contributed by atoms with Gasteiger partial charge in [-0.2, -0.15) is 0 Å². The number of methoxy groups -OCH3 is 3. The van der Waals surface area contributed by atoms with Crippen molar-refractivity contribution >= 4 is 5.78 Å². The van der Waals surface area contributed by atoms with Crippen molar-refractivity contribution in [3.8, 4) is 17.2 Å². The first-order chi connectivity index (χ1) is 11.1. The van der Waals surface area contributed by atoms with Crippen molar-refractivity contribution in [2.45, 2.75) is 12.8 Å². The molecule has 0 saturated carbocycles. The number of halogens is 1. The lowest BCUT2D eigenvalue weighted by Gasteiger charge is -2.09. The van der Waals surface area contributed by atoms with E-state index >= 15 is 0 Å². The fourth-order valence-electron chi connectivity index (χ4n) is 2.28. The van der Waals surface area contributed by atoms with Crippen molar-refractivity contribution in [3.05, 3.63) is 53.3 Å². The van der Waals surface area contributed by atoms with Crippen LogP contribution in [0.5, 0.6) is 17.2 Å². The van der Waals surface area contributed by atoms with Crippen LogP contribution in [0.3, 0.4) is 0 Å². The van der Waals surface area contributed by atoms with Crippen LogP contribution in [-0.4, -0.2) is 27.1 Å². The summed E-state index contributed by atoms with van der Waals surface area (Å²) >= 11 is 0. The second-order valence-corrected chi connectivity index (χ2v) is 4.96. The number of benzene rings is 2. The summed E-state index contributed by atoms with van der Waals surface area (Å²) in [5.74, 6) is 0.806. The lowest BCUT2D eigenvalue weighted by molar-refractivity contribution is 0.0982. The highest BCUT2D eigenvalue weighted by Gasteiger charge is 2.11. The van der Waals surface area contributed by atoms with Gasteiger partial charge in [-0.25, -0.2) is 4.39 Å². The molecule has 0 N–H and O–H groups in total. The predicted octanol–water partition coefficient (Wildman–Crippen LogP) is 3.67. The van der Waals surface area contributed by atoms with Crippen LogP contribution in [0.25, 0.3) is 0 Å². The first-order valence-electron chi connectivity index (χ1n) is 7.16. The number of rotatable bonds is 7. The number of ether oxygens (including phenoxy) is 3. The van der Waals surface area contributed by atoms with E-state index in [0.717, 1.165) is 5.56 Å². The van der Waals surface area contributed by atoms with Gasteiger partial charge in [-0.05, 0) is 42.3 Å². The van der Waals surface area contributed by atoms with Gasteiger partial charge >= 0.3 is 0 Å². The summed E-state index contributed by atoms with van der Waals surface area (Å²) in [6, 6.07) is 9.74. The summed E-state index contributed by atoms with van der Waals surface area (Å²) in [5.41, 5.74) is 1.29. The molecule has 0 aliphatic rings. The predicted molar refractivity (Wildman–Crippen MR) is 85.1 cm³/mol. The van der Waals surface area contributed by atoms with Crippen molar-refractivity contribution in [3.63, 3.8) is 0 Å². The average molecular weight is 318 g/mol. The van der Waals surface area contributed by atoms with Gasteiger partial charge in [0.15, 0.2) is 28.8 Å². The molecule has 0 unspecified atom stereocenters. The molecule has 2 rings (SSSR count). The van der Waals surface area contributed by atoms with Crippen molar-refractivity contribution in [1.82, 2.24) is 0 Å². The zero-order chi connectivity index (χ0) is 16.8. The number of Topliss-reactive ketones (excluding diaryl/α,β-unsaturated/α-hetero) is 1. The normalized spacial score (nSPS) is 10.3. The quantitative estimate of drug-likeness (QED) is 0.731. The number of carbonyl (C=O) groups excluding carboxylic acids is 1. The number of aryl methyl sites for hydroxylation is 1. The Labute approximate surface area is 134 Å². The Morgan fingerprint density at radius 3 is 2.17 bits per heavy atom. The summed E-state index contributed by atoms with van der Waals surface area (Å²) in [6.07, 6.45) is 0.731. The van der Waals surface area contributed by atoms with E-state index in [9.17, 15) is 9.18 Å². The number of ketones is 1. The Morgan fingerprint density at radius 2 is 1.57 bits per heavy atom. The molecule has 2 aromatic rings. The van der Waals surface area contributed by atoms with Crippen LogP contribution < -0.4 is 14.2 Å². The SMILES string of the molecule is COc1ccc(CCC(=O)c2ccc(OC)c(OC)c2)cc1F. The van der Waals surface area contributed by atoms with Gasteiger partial charge in [0, 0.05) is 12.0 Å². The fourth-order valence-corrected chi connectivity index (χ4v) is 2.28. The fraction of sp³-hybridized carbons (Fsp3) is 0.278. The Morgan fingerprint density at radius 1 is 0.913 bits per heavy atom. The summed E-state index contributed by atoms with van der Waals surface area (Å²) in [5, 5.41) is 0. The number of hydrogen-bond acceptors (Lipinski definition) is 4. The van der Waals surface area contributed by atoms with E-state index in [-0.39, 0.29) is 18.0 Å². The molecule has 2 aromatic carbocycles. The molecule has 0 amide bonds. The van der Waals surface area contributed by atoms with Gasteiger partial charge < -0.3 is 14.2 Å². The molecule has 0 aliphatic heterocycles. The second kappa shape index (κ2) is 7.63. The van der Waals surface area contributed by atoms with Crippen LogP contribution >= 0.6 is 0 Å². The summed E-state index contributed by atoms with van der Waals surface area (Å²) in [7, 11) is 4.47. The van der Waals surface area contributed by atoms with Gasteiger partial charge in [0.2, 0.25) is 0 Å². The zero-order valence-corrected chi connectivity index (χ0v) is 13.4. The lowest BCUT2D eigenvalue weighted by atomic mass is 10.0. The largest absolute Gasteiger partial charge is 0.494 e. The third-order valence-electron chi connectivity index (χ3n) is 3.56. The topological polar surface area (TPSA) is 44.8 Å². The van der Waals surface area contributed by atoms with Gasteiger partial charge in [-0.1, -0.05) is 6.07 Å². The van der Waals surface area contributed by atoms with Crippen molar-refractivity contribution in [1.29, 1.82) is 0 Å². The minimum Gasteiger partial charge on any atom is -0.494 e. The molecule has 0 saturated heterocycles. The molecule has 0 fully saturated rings. The van der Waals surface area contributed by atoms with E-state index in [1.807, 2.05) is 0 Å². The highest BCUT2D eigenvalue weighted by Crippen LogP contribution is 2.28. The molecule has 5 heteroatoms. The van der Waals surface area contributed by atoms with E-state index in [4.69, 9.17) is 14.2 Å². The third-order valence-corrected chi connectivity index (χ3v) is 3.56. The van der Waals surface area contributed by atoms with Gasteiger partial charge in [-0.3, -0.25) is 4.79 Å². The minimum atomic E-state index is -0.427. The van der Waals surface area contributed by atoms with E-state index in [1.165, 1.54) is 27.4 Å². The molecule has 0 radical (unpaired) electrons. The van der Waals surface area contributed by atoms with Crippen LogP contribution in [0, 0.1) is 5.82 Å². The molecular weight excluding hydrogens is 299 g/mol. The molecule has 0 aliphatic carbocycles. The van der Waals surface area contributed by atoms with Gasteiger partial charge in [0.05, 0.1) is 21.3 Å². The number of carbonyl (C=O) groups is 1. The molecule has 122 valence electrons. The molecule has 0 aromatic heterocycles. The van der Waals surface area contributed by atoms with Crippen molar-refractivity contribution in [2.75, 3.05) is 21.3 Å². The summed E-state index contributed by atoms with van der Waals surface area (Å²) in [6.45, 7) is 0. The van der Waals surface area contributed by atoms with E-state index in [1.54, 1.807) is 30.3 Å². The third kappa shape index (κ3) is 4.00. The van der Waals surface area contributed by atoms with Crippen LogP contribution in [0.2, 0.25) is 0 Å². The molecule has 0 heterocycles. The van der Waals surface area contributed by atoms with Gasteiger partial charge in [0.25, 0.3) is 0 Å². The Balaban J connectivity index is 2.06. The standard InChI is InChI=1S/C18H19FO4/c1-21-16-8-5-12(10-14(16)19)4-7-15(20)13-6-9-17(22-2)18(11-13)23-3/h5-6,8-11H,4,7H2,1-3H3. The molecular formula is C18H19FO4. The molecule has 0 spiro atoms. The van der Waals surface area contributed by atoms with Crippen LogP contribution in [0.15, 0.2) is 36.4 Å². The molecule has 0 bridgehead atoms. The summed E-state index contributed by atoms with van der Waals surface area (Å²) < 4.78 is 28.8. The zero-order valence-electron chi connectivity index (χ0n) is 13.4. The van der Waals surface area contributed by atoms with E-state index < -0.39 is 5.82 Å². The van der Waals surface area contributed by atoms with E-state index in [2.05, 4.69) is 0 Å². The summed E-state index contributed by atoms with van der Waals surface area (Å²) in [4.78, 5) is 12.3. The number of hydrogen-bond donors (Lipinski definition) is 0. The maximum atomic E-state index is 13.6. The molecule has 4 nitrogen and oxygen atoms in total. The van der Waals surface area contributed by atoms with Crippen LogP contribution in [0.1, 0.15) is 22.3 Å². The van der Waals surface area contributed by atoms with Gasteiger partial charge in [-0.15, -0.1) is 0 Å². The lowest BCUT2D eigenvalue weighted by Crippen LogP contribution is -2.03. The second-order valence-electron chi connectivity index (χ2n) is 4.96. The monoisotopic (exact) mass is 318 g/mol. The van der Waals surface area contributed by atoms with Crippen LogP contribution in [-0.2, 0) is 6.42 Å². The van der Waals surface area contributed by atoms with Crippen LogP contribution in [0.4, 0.5) is 4.39 Å². The maximum Gasteiger partial charge on any atom is 0.165 e. The Kier molecular flexibility index (Phi) is 5.57. The Hall–Kier alpha value is -2.56.